The summed E-state index contributed by atoms with van der Waals surface area (Å²) in [5, 5.41) is 0. The fraction of sp³-hybridized carbons (Fsp3) is 0.743. The van der Waals surface area contributed by atoms with E-state index in [2.05, 4.69) is 118 Å². The monoisotopic (exact) mass is 1110 g/mol. The molecule has 0 fully saturated rings. The summed E-state index contributed by atoms with van der Waals surface area (Å²) in [6, 6.07) is 0. The molecule has 0 N–H and O–H groups in total. The van der Waals surface area contributed by atoms with Gasteiger partial charge in [-0.05, 0) is 122 Å². The first-order valence-corrected chi connectivity index (χ1v) is 34.2. The maximum atomic E-state index is 12.9. The Hall–Kier alpha value is -3.67. The average molecular weight is 1110 g/mol. The number of ether oxygens (including phenoxy) is 3. The number of esters is 3. The van der Waals surface area contributed by atoms with Crippen molar-refractivity contribution >= 4 is 17.9 Å². The Labute approximate surface area is 496 Å². The van der Waals surface area contributed by atoms with Gasteiger partial charge in [0.1, 0.15) is 13.2 Å². The molecule has 0 aliphatic carbocycles. The topological polar surface area (TPSA) is 78.9 Å². The van der Waals surface area contributed by atoms with Gasteiger partial charge in [-0.25, -0.2) is 0 Å². The fourth-order valence-corrected chi connectivity index (χ4v) is 9.67. The Balaban J connectivity index is 4.29. The third kappa shape index (κ3) is 65.1. The van der Waals surface area contributed by atoms with Crippen molar-refractivity contribution in [3.05, 3.63) is 97.2 Å². The maximum Gasteiger partial charge on any atom is 0.306 e. The number of carbonyl (C=O) groups excluding carboxylic acids is 3. The van der Waals surface area contributed by atoms with E-state index in [0.29, 0.717) is 19.3 Å². The van der Waals surface area contributed by atoms with Gasteiger partial charge in [0.2, 0.25) is 0 Å². The summed E-state index contributed by atoms with van der Waals surface area (Å²) in [7, 11) is 0. The van der Waals surface area contributed by atoms with Crippen molar-refractivity contribution in [2.75, 3.05) is 13.2 Å². The Morgan fingerprint density at radius 2 is 0.487 bits per heavy atom. The van der Waals surface area contributed by atoms with E-state index < -0.39 is 6.10 Å². The van der Waals surface area contributed by atoms with Gasteiger partial charge >= 0.3 is 17.9 Å². The predicted octanol–water partition coefficient (Wildman–Crippen LogP) is 23.6. The van der Waals surface area contributed by atoms with Crippen LogP contribution in [0.15, 0.2) is 97.2 Å². The van der Waals surface area contributed by atoms with Crippen molar-refractivity contribution in [2.24, 2.45) is 0 Å². The van der Waals surface area contributed by atoms with Crippen LogP contribution >= 0.6 is 0 Å². The van der Waals surface area contributed by atoms with Gasteiger partial charge in [-0.3, -0.25) is 14.4 Å². The van der Waals surface area contributed by atoms with Crippen LogP contribution in [0.5, 0.6) is 0 Å². The van der Waals surface area contributed by atoms with E-state index in [1.807, 2.05) is 0 Å². The standard InChI is InChI=1S/C74H128O6/c1-4-7-10-13-16-19-22-25-28-30-32-33-34-35-36-37-38-39-40-41-43-44-46-49-52-55-58-61-64-67-73(76)79-70-71(69-78-72(75)66-63-60-57-54-51-48-27-24-21-18-15-12-9-6-3)80-74(77)68-65-62-59-56-53-50-47-45-42-31-29-26-23-20-17-14-11-8-5-2/h8,11,17,20,22,24-27,29-30,32,34-35,42,45,71H,4-7,9-10,12-16,18-19,21,23,28,31,33,36-41,43-44,46-70H2,1-3H3/b11-8-,20-17-,25-22-,27-24-,29-26-,32-30-,35-34-,45-42-. The average Bonchev–Trinajstić information content (AvgIpc) is 3.46. The van der Waals surface area contributed by atoms with Gasteiger partial charge in [-0.2, -0.15) is 0 Å². The first-order valence-electron chi connectivity index (χ1n) is 34.2. The van der Waals surface area contributed by atoms with Crippen molar-refractivity contribution in [3.8, 4) is 0 Å². The highest BCUT2D eigenvalue weighted by Crippen LogP contribution is 2.17. The lowest BCUT2D eigenvalue weighted by molar-refractivity contribution is -0.167. The Morgan fingerprint density at radius 1 is 0.263 bits per heavy atom. The van der Waals surface area contributed by atoms with Gasteiger partial charge in [-0.1, -0.05) is 291 Å². The van der Waals surface area contributed by atoms with Crippen LogP contribution in [0.1, 0.15) is 335 Å². The molecule has 0 amide bonds. The van der Waals surface area contributed by atoms with Crippen LogP contribution in [0.3, 0.4) is 0 Å². The van der Waals surface area contributed by atoms with E-state index in [-0.39, 0.29) is 31.1 Å². The Morgan fingerprint density at radius 3 is 0.775 bits per heavy atom. The van der Waals surface area contributed by atoms with Crippen molar-refractivity contribution < 1.29 is 28.6 Å². The van der Waals surface area contributed by atoms with Crippen molar-refractivity contribution in [3.63, 3.8) is 0 Å². The normalized spacial score (nSPS) is 12.7. The zero-order valence-corrected chi connectivity index (χ0v) is 52.8. The highest BCUT2D eigenvalue weighted by molar-refractivity contribution is 5.71. The van der Waals surface area contributed by atoms with Crippen LogP contribution < -0.4 is 0 Å². The molecule has 0 aliphatic rings. The van der Waals surface area contributed by atoms with Crippen LogP contribution in [-0.2, 0) is 28.6 Å². The van der Waals surface area contributed by atoms with Crippen molar-refractivity contribution in [1.29, 1.82) is 0 Å². The second kappa shape index (κ2) is 67.8. The summed E-state index contributed by atoms with van der Waals surface area (Å²) in [6.45, 7) is 6.52. The third-order valence-electron chi connectivity index (χ3n) is 14.8. The maximum absolute atomic E-state index is 12.9. The first-order chi connectivity index (χ1) is 39.5. The number of allylic oxidation sites excluding steroid dienone is 16. The molecule has 6 heteroatoms. The van der Waals surface area contributed by atoms with E-state index in [4.69, 9.17) is 14.2 Å². The molecule has 0 spiro atoms. The molecule has 0 saturated carbocycles. The Kier molecular flexibility index (Phi) is 64.7. The van der Waals surface area contributed by atoms with Crippen LogP contribution in [0.2, 0.25) is 0 Å². The third-order valence-corrected chi connectivity index (χ3v) is 14.8. The highest BCUT2D eigenvalue weighted by Gasteiger charge is 2.19. The first kappa shape index (κ1) is 76.3. The van der Waals surface area contributed by atoms with E-state index in [1.165, 1.54) is 180 Å². The minimum Gasteiger partial charge on any atom is -0.462 e. The molecule has 0 aromatic heterocycles. The molecule has 0 heterocycles. The zero-order valence-electron chi connectivity index (χ0n) is 52.8. The summed E-state index contributed by atoms with van der Waals surface area (Å²) in [4.78, 5) is 38.4. The molecule has 0 aliphatic heterocycles. The molecule has 1 unspecified atom stereocenters. The quantitative estimate of drug-likeness (QED) is 0.0261. The molecule has 0 aromatic carbocycles. The summed E-state index contributed by atoms with van der Waals surface area (Å²) in [6.07, 6.45) is 91.4. The summed E-state index contributed by atoms with van der Waals surface area (Å²) >= 11 is 0. The summed E-state index contributed by atoms with van der Waals surface area (Å²) in [5.74, 6) is -0.896. The van der Waals surface area contributed by atoms with Crippen LogP contribution in [-0.4, -0.2) is 37.2 Å². The number of unbranched alkanes of at least 4 members (excludes halogenated alkanes) is 35. The molecule has 0 rings (SSSR count). The van der Waals surface area contributed by atoms with Crippen molar-refractivity contribution in [2.45, 2.75) is 341 Å². The summed E-state index contributed by atoms with van der Waals surface area (Å²) in [5.41, 5.74) is 0. The second-order valence-corrected chi connectivity index (χ2v) is 22.7. The molecule has 0 saturated heterocycles. The molecular weight excluding hydrogens is 985 g/mol. The molecular formula is C74H128O6. The summed E-state index contributed by atoms with van der Waals surface area (Å²) < 4.78 is 16.9. The van der Waals surface area contributed by atoms with Gasteiger partial charge in [0.25, 0.3) is 0 Å². The number of hydrogen-bond acceptors (Lipinski definition) is 6. The molecule has 80 heavy (non-hydrogen) atoms. The van der Waals surface area contributed by atoms with E-state index in [9.17, 15) is 14.4 Å². The van der Waals surface area contributed by atoms with Gasteiger partial charge in [0.05, 0.1) is 0 Å². The minimum atomic E-state index is -0.791. The van der Waals surface area contributed by atoms with E-state index >= 15 is 0 Å². The molecule has 1 atom stereocenters. The number of carbonyl (C=O) groups is 3. The molecule has 0 aromatic rings. The number of rotatable bonds is 62. The lowest BCUT2D eigenvalue weighted by Gasteiger charge is -2.18. The zero-order chi connectivity index (χ0) is 57.8. The smallest absolute Gasteiger partial charge is 0.306 e. The van der Waals surface area contributed by atoms with E-state index in [0.717, 1.165) is 116 Å². The lowest BCUT2D eigenvalue weighted by atomic mass is 10.0. The van der Waals surface area contributed by atoms with Gasteiger partial charge in [0.15, 0.2) is 6.10 Å². The largest absolute Gasteiger partial charge is 0.462 e. The SMILES string of the molecule is CC/C=C\C/C=C\C/C=C\C/C=C\CCCCCCCCC(=O)OC(COC(=O)CCCCCCC/C=C\CCCCCCC)COC(=O)CCCCCCCCCCCCCCCC/C=C\C/C=C\C/C=C\CCCCCCC. The highest BCUT2D eigenvalue weighted by atomic mass is 16.6. The molecule has 460 valence electrons. The van der Waals surface area contributed by atoms with Crippen molar-refractivity contribution in [1.82, 2.24) is 0 Å². The van der Waals surface area contributed by atoms with Crippen LogP contribution in [0.25, 0.3) is 0 Å². The molecule has 6 nitrogen and oxygen atoms in total. The molecule has 0 radical (unpaired) electrons. The van der Waals surface area contributed by atoms with E-state index in [1.54, 1.807) is 0 Å². The predicted molar refractivity (Wildman–Crippen MR) is 348 cm³/mol. The van der Waals surface area contributed by atoms with Crippen LogP contribution in [0, 0.1) is 0 Å². The lowest BCUT2D eigenvalue weighted by Crippen LogP contribution is -2.30. The minimum absolute atomic E-state index is 0.0850. The van der Waals surface area contributed by atoms with Crippen LogP contribution in [0.4, 0.5) is 0 Å². The Bertz CT molecular complexity index is 1560. The van der Waals surface area contributed by atoms with Gasteiger partial charge in [-0.15, -0.1) is 0 Å². The van der Waals surface area contributed by atoms with Gasteiger partial charge < -0.3 is 14.2 Å². The number of hydrogen-bond donors (Lipinski definition) is 0. The molecule has 0 bridgehead atoms. The fourth-order valence-electron chi connectivity index (χ4n) is 9.67. The second-order valence-electron chi connectivity index (χ2n) is 22.7. The van der Waals surface area contributed by atoms with Gasteiger partial charge in [0, 0.05) is 19.3 Å².